The van der Waals surface area contributed by atoms with E-state index < -0.39 is 0 Å². The van der Waals surface area contributed by atoms with Gasteiger partial charge in [-0.2, -0.15) is 0 Å². The van der Waals surface area contributed by atoms with Crippen molar-refractivity contribution in [1.82, 2.24) is 0 Å². The predicted molar refractivity (Wildman–Crippen MR) is 52.7 cm³/mol. The van der Waals surface area contributed by atoms with E-state index in [9.17, 15) is 0 Å². The lowest BCUT2D eigenvalue weighted by molar-refractivity contribution is 0.782. The molecule has 0 aliphatic rings. The maximum atomic E-state index is 3.69. The van der Waals surface area contributed by atoms with Crippen LogP contribution >= 0.6 is 0 Å². The summed E-state index contributed by atoms with van der Waals surface area (Å²) < 4.78 is 0. The van der Waals surface area contributed by atoms with Crippen LogP contribution < -0.4 is 0 Å². The van der Waals surface area contributed by atoms with Crippen molar-refractivity contribution in [2.45, 2.75) is 46.0 Å². The molecule has 0 unspecified atom stereocenters. The first kappa shape index (κ1) is 10.5. The van der Waals surface area contributed by atoms with Crippen LogP contribution in [0.4, 0.5) is 0 Å². The van der Waals surface area contributed by atoms with Crippen LogP contribution in [-0.2, 0) is 0 Å². The number of hydrogen-bond donors (Lipinski definition) is 0. The third-order valence-corrected chi connectivity index (χ3v) is 1.79. The summed E-state index contributed by atoms with van der Waals surface area (Å²) in [5, 5.41) is 0. The summed E-state index contributed by atoms with van der Waals surface area (Å²) in [5.41, 5.74) is 1.54. The molecule has 0 aliphatic heterocycles. The minimum atomic E-state index is 1.11. The van der Waals surface area contributed by atoms with Crippen molar-refractivity contribution in [2.24, 2.45) is 0 Å². The normalized spacial score (nSPS) is 11.6. The van der Waals surface area contributed by atoms with Gasteiger partial charge in [0.1, 0.15) is 0 Å². The lowest BCUT2D eigenvalue weighted by Gasteiger charge is -1.97. The molecule has 0 aromatic rings. The summed E-state index contributed by atoms with van der Waals surface area (Å²) >= 11 is 0. The molecule has 0 spiro atoms. The quantitative estimate of drug-likeness (QED) is 0.397. The molecule has 0 amide bonds. The number of unbranched alkanes of at least 4 members (excludes halogenated alkanes) is 2. The van der Waals surface area contributed by atoms with Crippen LogP contribution in [0.3, 0.4) is 0 Å². The lowest BCUT2D eigenvalue weighted by Crippen LogP contribution is -1.77. The Morgan fingerprint density at radius 1 is 1.36 bits per heavy atom. The summed E-state index contributed by atoms with van der Waals surface area (Å²) in [4.78, 5) is 0. The molecule has 0 aromatic heterocycles. The zero-order chi connectivity index (χ0) is 8.53. The third-order valence-electron chi connectivity index (χ3n) is 1.79. The second-order valence-corrected chi connectivity index (χ2v) is 3.02. The van der Waals surface area contributed by atoms with Crippen LogP contribution in [-0.4, -0.2) is 0 Å². The van der Waals surface area contributed by atoms with Gasteiger partial charge in [-0.25, -0.2) is 0 Å². The summed E-state index contributed by atoms with van der Waals surface area (Å²) in [6.45, 7) is 8.14. The van der Waals surface area contributed by atoms with Crippen LogP contribution in [0.15, 0.2) is 24.3 Å². The zero-order valence-electron chi connectivity index (χ0n) is 7.90. The molecule has 0 bridgehead atoms. The van der Waals surface area contributed by atoms with E-state index in [4.69, 9.17) is 0 Å². The van der Waals surface area contributed by atoms with Gasteiger partial charge >= 0.3 is 0 Å². The highest BCUT2D eigenvalue weighted by atomic mass is 13.9. The first-order valence-electron chi connectivity index (χ1n) is 4.57. The van der Waals surface area contributed by atoms with E-state index in [-0.39, 0.29) is 0 Å². The Labute approximate surface area is 71.0 Å². The molecule has 11 heavy (non-hydrogen) atoms. The van der Waals surface area contributed by atoms with Crippen molar-refractivity contribution in [2.75, 3.05) is 0 Å². The van der Waals surface area contributed by atoms with Crippen LogP contribution in [0.5, 0.6) is 0 Å². The fourth-order valence-corrected chi connectivity index (χ4v) is 1.01. The number of rotatable bonds is 6. The summed E-state index contributed by atoms with van der Waals surface area (Å²) in [6, 6.07) is 0. The fraction of sp³-hybridized carbons (Fsp3) is 0.636. The molecule has 0 atom stereocenters. The molecule has 0 radical (unpaired) electrons. The Balaban J connectivity index is 3.37. The standard InChI is InChI=1S/C11H20/c1-4-6-8-10-11(3)9-7-5-2/h4,10H,1,5-9H2,2-3H3. The molecule has 0 rings (SSSR count). The molecule has 0 heterocycles. The van der Waals surface area contributed by atoms with Crippen LogP contribution in [0.1, 0.15) is 46.0 Å². The van der Waals surface area contributed by atoms with Gasteiger partial charge in [0.2, 0.25) is 0 Å². The first-order chi connectivity index (χ1) is 5.31. The Hall–Kier alpha value is -0.520. The molecule has 0 aromatic carbocycles. The summed E-state index contributed by atoms with van der Waals surface area (Å²) in [5.74, 6) is 0. The minimum Gasteiger partial charge on any atom is -0.103 e. The van der Waals surface area contributed by atoms with Gasteiger partial charge in [0.15, 0.2) is 0 Å². The van der Waals surface area contributed by atoms with Gasteiger partial charge in [0, 0.05) is 0 Å². The van der Waals surface area contributed by atoms with Crippen LogP contribution in [0, 0.1) is 0 Å². The second-order valence-electron chi connectivity index (χ2n) is 3.02. The summed E-state index contributed by atoms with van der Waals surface area (Å²) in [6.07, 6.45) is 10.5. The Morgan fingerprint density at radius 2 is 2.09 bits per heavy atom. The van der Waals surface area contributed by atoms with Gasteiger partial charge in [-0.05, 0) is 32.6 Å². The van der Waals surface area contributed by atoms with Crippen molar-refractivity contribution in [3.05, 3.63) is 24.3 Å². The average molecular weight is 152 g/mol. The Morgan fingerprint density at radius 3 is 2.64 bits per heavy atom. The zero-order valence-corrected chi connectivity index (χ0v) is 7.90. The Kier molecular flexibility index (Phi) is 7.23. The van der Waals surface area contributed by atoms with Gasteiger partial charge in [0.25, 0.3) is 0 Å². The average Bonchev–Trinajstić information content (AvgIpc) is 2.01. The van der Waals surface area contributed by atoms with E-state index >= 15 is 0 Å². The Bertz CT molecular complexity index is 120. The van der Waals surface area contributed by atoms with Crippen molar-refractivity contribution in [3.63, 3.8) is 0 Å². The molecule has 0 aliphatic carbocycles. The van der Waals surface area contributed by atoms with E-state index in [0.717, 1.165) is 6.42 Å². The smallest absolute Gasteiger partial charge is 0.0314 e. The highest BCUT2D eigenvalue weighted by Crippen LogP contribution is 2.07. The van der Waals surface area contributed by atoms with E-state index in [0.29, 0.717) is 0 Å². The second kappa shape index (κ2) is 7.59. The van der Waals surface area contributed by atoms with E-state index in [1.165, 1.54) is 31.3 Å². The van der Waals surface area contributed by atoms with E-state index in [2.05, 4.69) is 26.5 Å². The van der Waals surface area contributed by atoms with Gasteiger partial charge in [-0.15, -0.1) is 6.58 Å². The maximum absolute atomic E-state index is 3.69. The highest BCUT2D eigenvalue weighted by molar-refractivity contribution is 4.98. The highest BCUT2D eigenvalue weighted by Gasteiger charge is 1.87. The third kappa shape index (κ3) is 7.38. The monoisotopic (exact) mass is 152 g/mol. The topological polar surface area (TPSA) is 0 Å². The van der Waals surface area contributed by atoms with Crippen molar-refractivity contribution >= 4 is 0 Å². The van der Waals surface area contributed by atoms with Gasteiger partial charge in [0.05, 0.1) is 0 Å². The molecule has 0 N–H and O–H groups in total. The SMILES string of the molecule is C=CCCC=C(C)CCCC. The molecule has 64 valence electrons. The maximum Gasteiger partial charge on any atom is -0.0314 e. The lowest BCUT2D eigenvalue weighted by atomic mass is 10.1. The molecular formula is C11H20. The van der Waals surface area contributed by atoms with Gasteiger partial charge in [-0.3, -0.25) is 0 Å². The minimum absolute atomic E-state index is 1.11. The number of allylic oxidation sites excluding steroid dienone is 3. The molecule has 0 nitrogen and oxygen atoms in total. The van der Waals surface area contributed by atoms with Crippen molar-refractivity contribution < 1.29 is 0 Å². The van der Waals surface area contributed by atoms with Gasteiger partial charge < -0.3 is 0 Å². The van der Waals surface area contributed by atoms with Crippen molar-refractivity contribution in [1.29, 1.82) is 0 Å². The largest absolute Gasteiger partial charge is 0.103 e. The summed E-state index contributed by atoms with van der Waals surface area (Å²) in [7, 11) is 0. The van der Waals surface area contributed by atoms with E-state index in [1.807, 2.05) is 6.08 Å². The number of hydrogen-bond acceptors (Lipinski definition) is 0. The fourth-order valence-electron chi connectivity index (χ4n) is 1.01. The van der Waals surface area contributed by atoms with Crippen LogP contribution in [0.25, 0.3) is 0 Å². The molecule has 0 saturated heterocycles. The van der Waals surface area contributed by atoms with Crippen molar-refractivity contribution in [3.8, 4) is 0 Å². The molecule has 0 fully saturated rings. The van der Waals surface area contributed by atoms with E-state index in [1.54, 1.807) is 0 Å². The first-order valence-corrected chi connectivity index (χ1v) is 4.57. The molecule has 0 heteroatoms. The van der Waals surface area contributed by atoms with Gasteiger partial charge in [-0.1, -0.05) is 31.1 Å². The predicted octanol–water partition coefficient (Wildman–Crippen LogP) is 4.09. The molecule has 0 saturated carbocycles. The molecular weight excluding hydrogens is 132 g/mol. The van der Waals surface area contributed by atoms with Crippen LogP contribution in [0.2, 0.25) is 0 Å².